The van der Waals surface area contributed by atoms with Gasteiger partial charge in [-0.1, -0.05) is 0 Å². The minimum absolute atomic E-state index is 0.126. The Kier molecular flexibility index (Phi) is 6.68. The van der Waals surface area contributed by atoms with Crippen LogP contribution in [0.4, 0.5) is 14.5 Å². The van der Waals surface area contributed by atoms with Gasteiger partial charge in [0.1, 0.15) is 34.9 Å². The Bertz CT molecular complexity index is 1590. The first kappa shape index (κ1) is 24.9. The molecule has 0 saturated heterocycles. The number of fused-ring (bicyclic) bond motifs is 1. The van der Waals surface area contributed by atoms with Gasteiger partial charge in [-0.3, -0.25) is 0 Å². The second-order valence-corrected chi connectivity index (χ2v) is 11.0. The fourth-order valence-electron chi connectivity index (χ4n) is 4.52. The molecule has 2 aromatic carbocycles. The number of hydrogen-bond acceptors (Lipinski definition) is 6. The van der Waals surface area contributed by atoms with E-state index in [4.69, 9.17) is 9.47 Å². The Morgan fingerprint density at radius 3 is 2.57 bits per heavy atom. The number of aromatic nitrogens is 3. The molecule has 1 atom stereocenters. The van der Waals surface area contributed by atoms with E-state index in [1.54, 1.807) is 12.3 Å². The minimum Gasteiger partial charge on any atom is -0.488 e. The maximum absolute atomic E-state index is 14.4. The van der Waals surface area contributed by atoms with Crippen molar-refractivity contribution in [3.05, 3.63) is 66.3 Å². The number of pyridine rings is 1. The number of aryl methyl sites for hydroxylation is 1. The molecule has 10 heteroatoms. The summed E-state index contributed by atoms with van der Waals surface area (Å²) in [6, 6.07) is 8.34. The first-order chi connectivity index (χ1) is 17.7. The SMILES string of the molecule is C=S(=O)(Nc1cc(-c2cc(OC3CCCC3)c3ncnc(C)c3c2)cnc1OC)c1ccc(F)cc1F. The molecule has 0 amide bonds. The zero-order chi connectivity index (χ0) is 26.2. The van der Waals surface area contributed by atoms with Crippen LogP contribution in [0.25, 0.3) is 22.0 Å². The molecule has 1 saturated carbocycles. The molecule has 0 aliphatic heterocycles. The quantitative estimate of drug-likeness (QED) is 0.312. The van der Waals surface area contributed by atoms with Crippen LogP contribution in [-0.2, 0) is 9.71 Å². The summed E-state index contributed by atoms with van der Waals surface area (Å²) in [5, 5.41) is 0.840. The average molecular weight is 525 g/mol. The summed E-state index contributed by atoms with van der Waals surface area (Å²) in [6.07, 6.45) is 7.51. The number of ether oxygens (including phenoxy) is 2. The van der Waals surface area contributed by atoms with Crippen molar-refractivity contribution in [1.29, 1.82) is 0 Å². The monoisotopic (exact) mass is 524 g/mol. The van der Waals surface area contributed by atoms with Crippen molar-refractivity contribution in [1.82, 2.24) is 15.0 Å². The third-order valence-electron chi connectivity index (χ3n) is 6.40. The third-order valence-corrected chi connectivity index (χ3v) is 7.99. The molecule has 1 N–H and O–H groups in total. The van der Waals surface area contributed by atoms with Gasteiger partial charge in [0.2, 0.25) is 5.88 Å². The molecule has 7 nitrogen and oxygen atoms in total. The van der Waals surface area contributed by atoms with Crippen LogP contribution in [0.1, 0.15) is 31.4 Å². The Hall–Kier alpha value is -3.79. The summed E-state index contributed by atoms with van der Waals surface area (Å²) in [7, 11) is -2.00. The van der Waals surface area contributed by atoms with Crippen LogP contribution in [0.15, 0.2) is 53.8 Å². The highest BCUT2D eigenvalue weighted by molar-refractivity contribution is 8.01. The average Bonchev–Trinajstić information content (AvgIpc) is 3.37. The van der Waals surface area contributed by atoms with Crippen LogP contribution in [0.5, 0.6) is 11.6 Å². The normalized spacial score (nSPS) is 15.5. The van der Waals surface area contributed by atoms with Crippen molar-refractivity contribution in [3.63, 3.8) is 0 Å². The fraction of sp³-hybridized carbons (Fsp3) is 0.259. The predicted octanol–water partition coefficient (Wildman–Crippen LogP) is 5.71. The fourth-order valence-corrected chi connectivity index (χ4v) is 5.80. The number of halogens is 2. The van der Waals surface area contributed by atoms with E-state index in [9.17, 15) is 13.0 Å². The van der Waals surface area contributed by atoms with Gasteiger partial charge in [-0.15, -0.1) is 0 Å². The van der Waals surface area contributed by atoms with E-state index in [1.165, 1.54) is 13.4 Å². The van der Waals surface area contributed by atoms with Gasteiger partial charge in [0.25, 0.3) is 0 Å². The number of benzene rings is 2. The molecule has 37 heavy (non-hydrogen) atoms. The van der Waals surface area contributed by atoms with E-state index in [2.05, 4.69) is 25.5 Å². The molecule has 2 heterocycles. The summed E-state index contributed by atoms with van der Waals surface area (Å²) >= 11 is 0. The van der Waals surface area contributed by atoms with Crippen molar-refractivity contribution < 1.29 is 22.5 Å². The summed E-state index contributed by atoms with van der Waals surface area (Å²) < 4.78 is 55.6. The first-order valence-corrected chi connectivity index (χ1v) is 13.5. The van der Waals surface area contributed by atoms with E-state index in [0.29, 0.717) is 17.4 Å². The molecule has 4 aromatic rings. The van der Waals surface area contributed by atoms with Gasteiger partial charge in [-0.05, 0) is 74.4 Å². The van der Waals surface area contributed by atoms with E-state index in [1.807, 2.05) is 19.1 Å². The number of hydrogen-bond donors (Lipinski definition) is 1. The summed E-state index contributed by atoms with van der Waals surface area (Å²) in [6.45, 7) is 1.90. The molecule has 1 fully saturated rings. The Labute approximate surface area is 214 Å². The van der Waals surface area contributed by atoms with Crippen molar-refractivity contribution in [2.45, 2.75) is 43.6 Å². The molecule has 192 valence electrons. The van der Waals surface area contributed by atoms with Gasteiger partial charge in [-0.25, -0.2) is 27.9 Å². The lowest BCUT2D eigenvalue weighted by atomic mass is 10.0. The van der Waals surface area contributed by atoms with Gasteiger partial charge in [0, 0.05) is 28.9 Å². The lowest BCUT2D eigenvalue weighted by Crippen LogP contribution is -2.15. The maximum Gasteiger partial charge on any atom is 0.238 e. The lowest BCUT2D eigenvalue weighted by molar-refractivity contribution is 0.212. The highest BCUT2D eigenvalue weighted by Gasteiger charge is 2.21. The van der Waals surface area contributed by atoms with Crippen LogP contribution in [0, 0.1) is 18.6 Å². The lowest BCUT2D eigenvalue weighted by Gasteiger charge is -2.18. The Morgan fingerprint density at radius 1 is 1.05 bits per heavy atom. The number of nitrogens with one attached hydrogen (secondary N) is 1. The zero-order valence-electron chi connectivity index (χ0n) is 20.5. The van der Waals surface area contributed by atoms with E-state index >= 15 is 0 Å². The molecule has 5 rings (SSSR count). The maximum atomic E-state index is 14.4. The van der Waals surface area contributed by atoms with Gasteiger partial charge >= 0.3 is 0 Å². The molecule has 0 spiro atoms. The van der Waals surface area contributed by atoms with Crippen molar-refractivity contribution in [2.24, 2.45) is 0 Å². The topological polar surface area (TPSA) is 86.2 Å². The van der Waals surface area contributed by atoms with E-state index in [-0.39, 0.29) is 22.6 Å². The zero-order valence-corrected chi connectivity index (χ0v) is 21.3. The Morgan fingerprint density at radius 2 is 1.84 bits per heavy atom. The summed E-state index contributed by atoms with van der Waals surface area (Å²) in [5.41, 5.74) is 3.22. The standard InChI is InChI=1S/C27H26F2N4O3S/c1-16-21-10-17(12-24(26(21)32-15-31-16)36-20-6-4-5-7-20)18-11-23(27(35-2)30-14-18)33-37(3,34)25-9-8-19(28)13-22(25)29/h8-15,20H,3-7H2,1-2H3,(H,33,34). The third kappa shape index (κ3) is 5.06. The molecule has 0 radical (unpaired) electrons. The number of anilines is 1. The van der Waals surface area contributed by atoms with Crippen molar-refractivity contribution >= 4 is 32.2 Å². The molecule has 0 bridgehead atoms. The largest absolute Gasteiger partial charge is 0.488 e. The molecule has 1 aliphatic rings. The van der Waals surface area contributed by atoms with Crippen LogP contribution in [0.2, 0.25) is 0 Å². The second kappa shape index (κ2) is 9.93. The summed E-state index contributed by atoms with van der Waals surface area (Å²) in [5.74, 6) is 2.73. The first-order valence-electron chi connectivity index (χ1n) is 11.8. The number of rotatable bonds is 7. The van der Waals surface area contributed by atoms with Crippen molar-refractivity contribution in [2.75, 3.05) is 11.8 Å². The second-order valence-electron chi connectivity index (χ2n) is 8.99. The molecular weight excluding hydrogens is 498 g/mol. The van der Waals surface area contributed by atoms with Gasteiger partial charge < -0.3 is 14.2 Å². The van der Waals surface area contributed by atoms with Crippen LogP contribution < -0.4 is 14.2 Å². The minimum atomic E-state index is -3.41. The Balaban J connectivity index is 1.58. The highest BCUT2D eigenvalue weighted by Crippen LogP contribution is 2.37. The van der Waals surface area contributed by atoms with Gasteiger partial charge in [-0.2, -0.15) is 0 Å². The van der Waals surface area contributed by atoms with Crippen LogP contribution in [0.3, 0.4) is 0 Å². The smallest absolute Gasteiger partial charge is 0.238 e. The summed E-state index contributed by atoms with van der Waals surface area (Å²) in [4.78, 5) is 12.9. The molecule has 1 aliphatic carbocycles. The van der Waals surface area contributed by atoms with Crippen LogP contribution in [-0.4, -0.2) is 38.2 Å². The van der Waals surface area contributed by atoms with E-state index in [0.717, 1.165) is 60.0 Å². The molecule has 1 unspecified atom stereocenters. The van der Waals surface area contributed by atoms with Gasteiger partial charge in [0.05, 0.1) is 27.8 Å². The number of nitrogens with zero attached hydrogens (tertiary/aromatic N) is 3. The predicted molar refractivity (Wildman–Crippen MR) is 140 cm³/mol. The number of methoxy groups -OCH3 is 1. The van der Waals surface area contributed by atoms with E-state index < -0.39 is 21.3 Å². The van der Waals surface area contributed by atoms with Crippen LogP contribution >= 0.6 is 0 Å². The highest BCUT2D eigenvalue weighted by atomic mass is 32.2. The molecular formula is C27H26F2N4O3S. The van der Waals surface area contributed by atoms with Crippen molar-refractivity contribution in [3.8, 4) is 22.8 Å². The molecule has 2 aromatic heterocycles. The van der Waals surface area contributed by atoms with Gasteiger partial charge in [0.15, 0.2) is 0 Å².